The smallest absolute Gasteiger partial charge is 0.269 e. The predicted octanol–water partition coefficient (Wildman–Crippen LogP) is 0.695. The van der Waals surface area contributed by atoms with E-state index in [0.29, 0.717) is 0 Å². The number of nitrogens with zero attached hydrogens (tertiary/aromatic N) is 1. The lowest BCUT2D eigenvalue weighted by molar-refractivity contribution is -0.458. The predicted molar refractivity (Wildman–Crippen MR) is 55.2 cm³/mol. The molecule has 5 heteroatoms. The quantitative estimate of drug-likeness (QED) is 0.548. The van der Waals surface area contributed by atoms with Crippen LogP contribution in [0.15, 0.2) is 24.3 Å². The number of nitro groups is 1. The molecule has 15 heavy (non-hydrogen) atoms. The van der Waals surface area contributed by atoms with Crippen LogP contribution in [-0.4, -0.2) is 10.5 Å². The minimum Gasteiger partial charge on any atom is -0.872 e. The first kappa shape index (κ1) is 13.4. The molecule has 0 bridgehead atoms. The van der Waals surface area contributed by atoms with Gasteiger partial charge in [-0.3, -0.25) is 10.1 Å². The molecule has 0 aromatic heterocycles. The van der Waals surface area contributed by atoms with Crippen LogP contribution in [0, 0.1) is 10.1 Å². The van der Waals surface area contributed by atoms with Gasteiger partial charge >= 0.3 is 0 Å². The third-order valence-corrected chi connectivity index (χ3v) is 1.05. The average Bonchev–Trinajstić information content (AvgIpc) is 2.01. The van der Waals surface area contributed by atoms with Gasteiger partial charge in [-0.1, -0.05) is 12.1 Å². The third-order valence-electron chi connectivity index (χ3n) is 1.05. The van der Waals surface area contributed by atoms with E-state index in [1.54, 1.807) is 0 Å². The highest BCUT2D eigenvalue weighted by Crippen LogP contribution is 2.12. The first-order chi connectivity index (χ1) is 6.70. The maximum Gasteiger partial charge on any atom is 0.269 e. The molecule has 0 unspecified atom stereocenters. The highest BCUT2D eigenvalue weighted by molar-refractivity contribution is 5.34. The van der Waals surface area contributed by atoms with Crippen molar-refractivity contribution in [2.24, 2.45) is 0 Å². The summed E-state index contributed by atoms with van der Waals surface area (Å²) in [7, 11) is 0. The maximum absolute atomic E-state index is 10.4. The Kier molecular flexibility index (Phi) is 4.73. The highest BCUT2D eigenvalue weighted by atomic mass is 16.6. The average molecular weight is 212 g/mol. The number of rotatable bonds is 1. The fourth-order valence-electron chi connectivity index (χ4n) is 0.568. The molecule has 0 fully saturated rings. The van der Waals surface area contributed by atoms with Crippen LogP contribution in [0.3, 0.4) is 0 Å². The summed E-state index contributed by atoms with van der Waals surface area (Å²) in [6.45, 7) is 6.23. The number of hydrogen-bond donors (Lipinski definition) is 1. The van der Waals surface area contributed by atoms with Gasteiger partial charge in [0, 0.05) is 12.1 Å². The molecule has 0 amide bonds. The van der Waals surface area contributed by atoms with E-state index < -0.39 is 4.92 Å². The van der Waals surface area contributed by atoms with Gasteiger partial charge in [-0.05, 0) is 20.8 Å². The summed E-state index contributed by atoms with van der Waals surface area (Å²) in [5.41, 5.74) is 3.96. The molecule has 0 aliphatic carbocycles. The van der Waals surface area contributed by atoms with Crippen molar-refractivity contribution in [2.45, 2.75) is 26.3 Å². The summed E-state index contributed by atoms with van der Waals surface area (Å²) in [5.74, 6) is -0.217. The van der Waals surface area contributed by atoms with Crippen molar-refractivity contribution in [1.82, 2.24) is 0 Å². The normalized spacial score (nSPS) is 10.1. The highest BCUT2D eigenvalue weighted by Gasteiger charge is 2.01. The number of benzene rings is 1. The first-order valence-electron chi connectivity index (χ1n) is 4.47. The van der Waals surface area contributed by atoms with E-state index >= 15 is 0 Å². The van der Waals surface area contributed by atoms with Gasteiger partial charge in [-0.25, -0.2) is 0 Å². The molecule has 0 heterocycles. The van der Waals surface area contributed by atoms with Crippen molar-refractivity contribution in [3.8, 4) is 5.75 Å². The topological polar surface area (TPSA) is 93.8 Å². The maximum atomic E-state index is 10.4. The van der Waals surface area contributed by atoms with E-state index in [1.165, 1.54) is 12.1 Å². The zero-order chi connectivity index (χ0) is 12.1. The van der Waals surface area contributed by atoms with Crippen LogP contribution in [-0.2, 0) is 0 Å². The molecule has 1 aromatic rings. The molecular formula is C10H16N2O3. The Balaban J connectivity index is 0.000000336. The molecule has 3 N–H and O–H groups in total. The Bertz CT molecular complexity index is 308. The summed E-state index contributed by atoms with van der Waals surface area (Å²) in [5, 5.41) is 20.4. The fourth-order valence-corrected chi connectivity index (χ4v) is 0.568. The second kappa shape index (κ2) is 5.31. The molecule has 0 aliphatic heterocycles. The van der Waals surface area contributed by atoms with Crippen molar-refractivity contribution in [1.29, 1.82) is 0 Å². The molecule has 0 spiro atoms. The van der Waals surface area contributed by atoms with Crippen LogP contribution >= 0.6 is 0 Å². The standard InChI is InChI=1S/C6H5NO3.C4H11N/c8-6-3-1-5(2-4-6)7(9)10;1-4(2,3)5/h1-4,8H;5H2,1-3H3. The lowest BCUT2D eigenvalue weighted by atomic mass is 10.1. The molecule has 5 nitrogen and oxygen atoms in total. The van der Waals surface area contributed by atoms with Gasteiger partial charge in [0.2, 0.25) is 0 Å². The van der Waals surface area contributed by atoms with E-state index in [1.807, 2.05) is 0 Å². The van der Waals surface area contributed by atoms with Gasteiger partial charge in [-0.2, -0.15) is 0 Å². The van der Waals surface area contributed by atoms with Gasteiger partial charge in [0.15, 0.2) is 0 Å². The Hall–Kier alpha value is -1.62. The molecule has 1 rings (SSSR count). The molecule has 1 aromatic carbocycles. The van der Waals surface area contributed by atoms with Crippen LogP contribution in [0.2, 0.25) is 0 Å². The van der Waals surface area contributed by atoms with Crippen LogP contribution in [0.25, 0.3) is 0 Å². The molecule has 0 saturated carbocycles. The summed E-state index contributed by atoms with van der Waals surface area (Å²) >= 11 is 0. The van der Waals surface area contributed by atoms with Crippen molar-refractivity contribution < 1.29 is 15.8 Å². The zero-order valence-electron chi connectivity index (χ0n) is 9.19. The summed E-state index contributed by atoms with van der Waals surface area (Å²) in [4.78, 5) is 9.47. The van der Waals surface area contributed by atoms with E-state index in [4.69, 9.17) is 0 Å². The Morgan fingerprint density at radius 1 is 1.20 bits per heavy atom. The summed E-state index contributed by atoms with van der Waals surface area (Å²) in [6.07, 6.45) is 0. The minimum absolute atomic E-state index is 0.0559. The molecule has 84 valence electrons. The van der Waals surface area contributed by atoms with Crippen LogP contribution in [0.4, 0.5) is 5.69 Å². The molecule has 0 atom stereocenters. The monoisotopic (exact) mass is 212 g/mol. The summed E-state index contributed by atoms with van der Waals surface area (Å²) < 4.78 is 0. The van der Waals surface area contributed by atoms with Crippen molar-refractivity contribution in [3.63, 3.8) is 0 Å². The van der Waals surface area contributed by atoms with Gasteiger partial charge < -0.3 is 10.8 Å². The lowest BCUT2D eigenvalue weighted by Crippen LogP contribution is -2.67. The fraction of sp³-hybridized carbons (Fsp3) is 0.400. The van der Waals surface area contributed by atoms with Gasteiger partial charge in [-0.15, -0.1) is 5.75 Å². The molecular weight excluding hydrogens is 196 g/mol. The number of nitro benzene ring substituents is 1. The van der Waals surface area contributed by atoms with E-state index in [2.05, 4.69) is 26.5 Å². The Labute approximate surface area is 88.7 Å². The zero-order valence-corrected chi connectivity index (χ0v) is 9.19. The summed E-state index contributed by atoms with van der Waals surface area (Å²) in [6, 6.07) is 4.70. The van der Waals surface area contributed by atoms with Crippen LogP contribution in [0.1, 0.15) is 20.8 Å². The van der Waals surface area contributed by atoms with Crippen molar-refractivity contribution in [3.05, 3.63) is 34.4 Å². The molecule has 0 radical (unpaired) electrons. The van der Waals surface area contributed by atoms with Crippen LogP contribution in [0.5, 0.6) is 5.75 Å². The Morgan fingerprint density at radius 3 is 1.80 bits per heavy atom. The number of non-ortho nitro benzene ring substituents is 1. The van der Waals surface area contributed by atoms with Crippen molar-refractivity contribution >= 4 is 5.69 Å². The lowest BCUT2D eigenvalue weighted by Gasteiger charge is -2.01. The number of quaternary nitrogens is 1. The third kappa shape index (κ3) is 8.70. The van der Waals surface area contributed by atoms with Crippen molar-refractivity contribution in [2.75, 3.05) is 0 Å². The largest absolute Gasteiger partial charge is 0.872 e. The van der Waals surface area contributed by atoms with Gasteiger partial charge in [0.05, 0.1) is 10.5 Å². The van der Waals surface area contributed by atoms with Crippen LogP contribution < -0.4 is 10.8 Å². The van der Waals surface area contributed by atoms with E-state index in [0.717, 1.165) is 12.1 Å². The minimum atomic E-state index is -0.542. The Morgan fingerprint density at radius 2 is 1.53 bits per heavy atom. The van der Waals surface area contributed by atoms with Gasteiger partial charge in [0.25, 0.3) is 5.69 Å². The van der Waals surface area contributed by atoms with Gasteiger partial charge in [0.1, 0.15) is 0 Å². The number of hydrogen-bond acceptors (Lipinski definition) is 3. The molecule has 0 aliphatic rings. The van der Waals surface area contributed by atoms with E-state index in [9.17, 15) is 15.2 Å². The SMILES string of the molecule is CC(C)(C)[NH3+].O=[N+]([O-])c1ccc([O-])cc1. The first-order valence-corrected chi connectivity index (χ1v) is 4.47. The second-order valence-electron chi connectivity index (χ2n) is 4.31. The van der Waals surface area contributed by atoms with E-state index in [-0.39, 0.29) is 17.0 Å². The second-order valence-corrected chi connectivity index (χ2v) is 4.31. The molecule has 0 saturated heterocycles.